The third-order valence-corrected chi connectivity index (χ3v) is 3.56. The maximum absolute atomic E-state index is 9.81. The molecule has 0 bridgehead atoms. The van der Waals surface area contributed by atoms with Gasteiger partial charge in [0.25, 0.3) is 0 Å². The van der Waals surface area contributed by atoms with Crippen molar-refractivity contribution in [3.8, 4) is 0 Å². The van der Waals surface area contributed by atoms with E-state index >= 15 is 0 Å². The Bertz CT molecular complexity index is 161. The Hall–Kier alpha value is -0.0400. The number of aliphatic hydroxyl groups is 1. The van der Waals surface area contributed by atoms with Gasteiger partial charge in [0.1, 0.15) is 0 Å². The van der Waals surface area contributed by atoms with Crippen molar-refractivity contribution in [2.24, 2.45) is 23.7 Å². The van der Waals surface area contributed by atoms with Gasteiger partial charge in [-0.1, -0.05) is 27.7 Å². The van der Waals surface area contributed by atoms with Crippen LogP contribution >= 0.6 is 0 Å². The van der Waals surface area contributed by atoms with E-state index in [1.54, 1.807) is 0 Å². The van der Waals surface area contributed by atoms with Gasteiger partial charge in [0.15, 0.2) is 0 Å². The SMILES string of the molecule is CC(C)C[C@@H]1C[C@@H](O)C[C@H](C(C)C)C1. The van der Waals surface area contributed by atoms with E-state index in [1.165, 1.54) is 12.8 Å². The van der Waals surface area contributed by atoms with Crippen LogP contribution in [0.1, 0.15) is 53.4 Å². The van der Waals surface area contributed by atoms with Gasteiger partial charge in [0.05, 0.1) is 6.10 Å². The molecule has 1 aliphatic carbocycles. The van der Waals surface area contributed by atoms with Crippen molar-refractivity contribution < 1.29 is 5.11 Å². The highest BCUT2D eigenvalue weighted by atomic mass is 16.3. The summed E-state index contributed by atoms with van der Waals surface area (Å²) in [5.41, 5.74) is 0. The maximum atomic E-state index is 9.81. The summed E-state index contributed by atoms with van der Waals surface area (Å²) in [4.78, 5) is 0. The fraction of sp³-hybridized carbons (Fsp3) is 1.00. The Morgan fingerprint density at radius 1 is 1.07 bits per heavy atom. The molecule has 3 atom stereocenters. The highest BCUT2D eigenvalue weighted by molar-refractivity contribution is 4.80. The Morgan fingerprint density at radius 3 is 2.21 bits per heavy atom. The molecule has 14 heavy (non-hydrogen) atoms. The summed E-state index contributed by atoms with van der Waals surface area (Å²) in [5.74, 6) is 3.03. The van der Waals surface area contributed by atoms with Crippen LogP contribution in [0.2, 0.25) is 0 Å². The van der Waals surface area contributed by atoms with E-state index in [1.807, 2.05) is 0 Å². The smallest absolute Gasteiger partial charge is 0.0545 e. The molecule has 0 aromatic carbocycles. The molecule has 0 heterocycles. The van der Waals surface area contributed by atoms with Crippen LogP contribution < -0.4 is 0 Å². The summed E-state index contributed by atoms with van der Waals surface area (Å²) in [7, 11) is 0. The van der Waals surface area contributed by atoms with Gasteiger partial charge in [-0.05, 0) is 49.4 Å². The Balaban J connectivity index is 2.45. The lowest BCUT2D eigenvalue weighted by Crippen LogP contribution is -2.29. The van der Waals surface area contributed by atoms with Crippen molar-refractivity contribution in [3.63, 3.8) is 0 Å². The fourth-order valence-corrected chi connectivity index (χ4v) is 2.85. The standard InChI is InChI=1S/C13H26O/c1-9(2)5-11-6-12(10(3)4)8-13(14)7-11/h9-14H,5-8H2,1-4H3/t11-,12+,13+/m0/s1. The van der Waals surface area contributed by atoms with Crippen molar-refractivity contribution in [1.29, 1.82) is 0 Å². The molecule has 1 nitrogen and oxygen atoms in total. The van der Waals surface area contributed by atoms with E-state index in [-0.39, 0.29) is 6.10 Å². The first-order chi connectivity index (χ1) is 6.49. The van der Waals surface area contributed by atoms with Crippen molar-refractivity contribution >= 4 is 0 Å². The fourth-order valence-electron chi connectivity index (χ4n) is 2.85. The van der Waals surface area contributed by atoms with Gasteiger partial charge in [-0.3, -0.25) is 0 Å². The third kappa shape index (κ3) is 3.61. The van der Waals surface area contributed by atoms with Crippen molar-refractivity contribution in [1.82, 2.24) is 0 Å². The number of hydrogen-bond donors (Lipinski definition) is 1. The molecule has 0 aromatic rings. The van der Waals surface area contributed by atoms with Crippen molar-refractivity contribution in [2.45, 2.75) is 59.5 Å². The van der Waals surface area contributed by atoms with Gasteiger partial charge >= 0.3 is 0 Å². The van der Waals surface area contributed by atoms with E-state index in [0.717, 1.165) is 36.5 Å². The quantitative estimate of drug-likeness (QED) is 0.736. The van der Waals surface area contributed by atoms with E-state index in [0.29, 0.717) is 0 Å². The zero-order chi connectivity index (χ0) is 10.7. The van der Waals surface area contributed by atoms with E-state index in [9.17, 15) is 5.11 Å². The minimum atomic E-state index is -0.0279. The molecule has 0 amide bonds. The molecule has 1 N–H and O–H groups in total. The summed E-state index contributed by atoms with van der Waals surface area (Å²) in [6.07, 6.45) is 4.68. The first kappa shape index (κ1) is 12.0. The van der Waals surface area contributed by atoms with Crippen LogP contribution in [-0.4, -0.2) is 11.2 Å². The molecule has 1 heteroatoms. The Labute approximate surface area is 88.9 Å². The van der Waals surface area contributed by atoms with E-state index in [2.05, 4.69) is 27.7 Å². The van der Waals surface area contributed by atoms with E-state index in [4.69, 9.17) is 0 Å². The topological polar surface area (TPSA) is 20.2 Å². The summed E-state index contributed by atoms with van der Waals surface area (Å²) in [6.45, 7) is 9.14. The lowest BCUT2D eigenvalue weighted by molar-refractivity contribution is 0.0484. The monoisotopic (exact) mass is 198 g/mol. The predicted octanol–water partition coefficient (Wildman–Crippen LogP) is 3.47. The third-order valence-electron chi connectivity index (χ3n) is 3.56. The predicted molar refractivity (Wildman–Crippen MR) is 61.1 cm³/mol. The van der Waals surface area contributed by atoms with E-state index < -0.39 is 0 Å². The molecule has 84 valence electrons. The van der Waals surface area contributed by atoms with Crippen LogP contribution in [0.15, 0.2) is 0 Å². The zero-order valence-electron chi connectivity index (χ0n) is 10.2. The number of hydrogen-bond acceptors (Lipinski definition) is 1. The second-order valence-electron chi connectivity index (χ2n) is 5.86. The molecular formula is C13H26O. The Morgan fingerprint density at radius 2 is 1.71 bits per heavy atom. The summed E-state index contributed by atoms with van der Waals surface area (Å²) in [6, 6.07) is 0. The van der Waals surface area contributed by atoms with Gasteiger partial charge in [-0.2, -0.15) is 0 Å². The largest absolute Gasteiger partial charge is 0.393 e. The molecule has 1 aliphatic rings. The molecule has 1 rings (SSSR count). The molecule has 0 unspecified atom stereocenters. The number of aliphatic hydroxyl groups excluding tert-OH is 1. The number of rotatable bonds is 3. The summed E-state index contributed by atoms with van der Waals surface area (Å²) in [5, 5.41) is 9.81. The molecule has 0 aliphatic heterocycles. The van der Waals surface area contributed by atoms with Crippen LogP contribution in [0.4, 0.5) is 0 Å². The lowest BCUT2D eigenvalue weighted by Gasteiger charge is -2.35. The second-order valence-corrected chi connectivity index (χ2v) is 5.86. The first-order valence-electron chi connectivity index (χ1n) is 6.17. The second kappa shape index (κ2) is 5.16. The van der Waals surface area contributed by atoms with Gasteiger partial charge < -0.3 is 5.11 Å². The first-order valence-corrected chi connectivity index (χ1v) is 6.17. The van der Waals surface area contributed by atoms with Crippen LogP contribution in [-0.2, 0) is 0 Å². The maximum Gasteiger partial charge on any atom is 0.0545 e. The van der Waals surface area contributed by atoms with Gasteiger partial charge in [-0.25, -0.2) is 0 Å². The molecule has 1 fully saturated rings. The van der Waals surface area contributed by atoms with Crippen molar-refractivity contribution in [3.05, 3.63) is 0 Å². The average Bonchev–Trinajstić information content (AvgIpc) is 2.01. The molecule has 0 aromatic heterocycles. The molecular weight excluding hydrogens is 172 g/mol. The van der Waals surface area contributed by atoms with Crippen molar-refractivity contribution in [2.75, 3.05) is 0 Å². The summed E-state index contributed by atoms with van der Waals surface area (Å²) < 4.78 is 0. The van der Waals surface area contributed by atoms with Crippen LogP contribution in [0.25, 0.3) is 0 Å². The molecule has 0 spiro atoms. The minimum absolute atomic E-state index is 0.0279. The van der Waals surface area contributed by atoms with Crippen LogP contribution in [0.5, 0.6) is 0 Å². The van der Waals surface area contributed by atoms with Gasteiger partial charge in [-0.15, -0.1) is 0 Å². The lowest BCUT2D eigenvalue weighted by atomic mass is 9.72. The van der Waals surface area contributed by atoms with Gasteiger partial charge in [0, 0.05) is 0 Å². The zero-order valence-corrected chi connectivity index (χ0v) is 10.2. The minimum Gasteiger partial charge on any atom is -0.393 e. The molecule has 1 saturated carbocycles. The average molecular weight is 198 g/mol. The Kier molecular flexibility index (Phi) is 4.43. The molecule has 0 saturated heterocycles. The van der Waals surface area contributed by atoms with Crippen LogP contribution in [0, 0.1) is 23.7 Å². The highest BCUT2D eigenvalue weighted by Gasteiger charge is 2.29. The normalized spacial score (nSPS) is 34.1. The van der Waals surface area contributed by atoms with Gasteiger partial charge in [0.2, 0.25) is 0 Å². The highest BCUT2D eigenvalue weighted by Crippen LogP contribution is 2.36. The van der Waals surface area contributed by atoms with Crippen LogP contribution in [0.3, 0.4) is 0 Å². The summed E-state index contributed by atoms with van der Waals surface area (Å²) >= 11 is 0. The molecule has 0 radical (unpaired) electrons.